The van der Waals surface area contributed by atoms with Crippen LogP contribution in [-0.2, 0) is 9.59 Å². The molecule has 0 bridgehead atoms. The second-order valence-electron chi connectivity index (χ2n) is 7.49. The molecule has 1 amide bonds. The maximum atomic E-state index is 13.7. The van der Waals surface area contributed by atoms with Gasteiger partial charge >= 0.3 is 0 Å². The molecule has 0 fully saturated rings. The quantitative estimate of drug-likeness (QED) is 0.486. The molecule has 0 aliphatic heterocycles. The Hall–Kier alpha value is -3.90. The molecule has 0 heterocycles. The fourth-order valence-electron chi connectivity index (χ4n) is 4.44. The van der Waals surface area contributed by atoms with Crippen LogP contribution in [0, 0.1) is 11.8 Å². The summed E-state index contributed by atoms with van der Waals surface area (Å²) in [7, 11) is 1.69. The number of ketones is 1. The lowest BCUT2D eigenvalue weighted by molar-refractivity contribution is -0.127. The third kappa shape index (κ3) is 2.47. The van der Waals surface area contributed by atoms with Gasteiger partial charge in [0, 0.05) is 23.8 Å². The van der Waals surface area contributed by atoms with Crippen molar-refractivity contribution in [2.75, 3.05) is 13.6 Å². The molecule has 3 nitrogen and oxygen atoms in total. The third-order valence-corrected chi connectivity index (χ3v) is 5.76. The number of allylic oxidation sites excluding steroid dienone is 3. The largest absolute Gasteiger partial charge is 0.330 e. The molecular weight excluding hydrogens is 370 g/mol. The van der Waals surface area contributed by atoms with Crippen molar-refractivity contribution in [1.82, 2.24) is 4.90 Å². The van der Waals surface area contributed by atoms with E-state index in [9.17, 15) is 9.59 Å². The summed E-state index contributed by atoms with van der Waals surface area (Å²) in [5.41, 5.74) is 5.28. The van der Waals surface area contributed by atoms with Gasteiger partial charge in [0.05, 0.1) is 12.1 Å². The average Bonchev–Trinajstić information content (AvgIpc) is 3.25. The number of Topliss-reactive ketones (excluding diaryl/α,β-unsaturated/α-hetero) is 1. The summed E-state index contributed by atoms with van der Waals surface area (Å²) in [6, 6.07) is 21.8. The Morgan fingerprint density at radius 2 is 1.53 bits per heavy atom. The first-order valence-electron chi connectivity index (χ1n) is 9.90. The lowest BCUT2D eigenvalue weighted by atomic mass is 9.95. The number of carbonyl (C=O) groups is 2. The van der Waals surface area contributed by atoms with Gasteiger partial charge in [-0.3, -0.25) is 9.59 Å². The standard InChI is InChI=1S/C27H19NO2/c1-3-4-16-28(2)27(30)25-24-20-15-9-13-17-12-8-14-19(21(17)20)23(24)22(26(25)29)18-10-6-5-7-11-18/h5-15H,16H2,1-2H3. The van der Waals surface area contributed by atoms with Crippen LogP contribution >= 0.6 is 0 Å². The lowest BCUT2D eigenvalue weighted by Gasteiger charge is -2.16. The number of amides is 1. The summed E-state index contributed by atoms with van der Waals surface area (Å²) in [5, 5.41) is 2.21. The van der Waals surface area contributed by atoms with Crippen LogP contribution in [0.15, 0.2) is 72.3 Å². The van der Waals surface area contributed by atoms with Crippen molar-refractivity contribution in [2.24, 2.45) is 0 Å². The molecule has 0 saturated heterocycles. The molecule has 0 atom stereocenters. The summed E-state index contributed by atoms with van der Waals surface area (Å²) in [5.74, 6) is 5.23. The van der Waals surface area contributed by atoms with Gasteiger partial charge in [0.15, 0.2) is 5.78 Å². The van der Waals surface area contributed by atoms with Gasteiger partial charge in [0.1, 0.15) is 0 Å². The lowest BCUT2D eigenvalue weighted by Crippen LogP contribution is -2.31. The predicted octanol–water partition coefficient (Wildman–Crippen LogP) is 4.58. The van der Waals surface area contributed by atoms with E-state index in [4.69, 9.17) is 0 Å². The molecule has 0 radical (unpaired) electrons. The van der Waals surface area contributed by atoms with Crippen LogP contribution in [0.2, 0.25) is 0 Å². The predicted molar refractivity (Wildman–Crippen MR) is 120 cm³/mol. The van der Waals surface area contributed by atoms with Crippen LogP contribution in [0.25, 0.3) is 27.5 Å². The number of fused-ring (bicyclic) bond motifs is 3. The van der Waals surface area contributed by atoms with E-state index in [1.807, 2.05) is 54.6 Å². The zero-order valence-corrected chi connectivity index (χ0v) is 16.8. The molecule has 3 aromatic carbocycles. The average molecular weight is 389 g/mol. The molecular formula is C27H19NO2. The van der Waals surface area contributed by atoms with E-state index in [2.05, 4.69) is 24.0 Å². The Bertz CT molecular complexity index is 1360. The molecule has 0 unspecified atom stereocenters. The summed E-state index contributed by atoms with van der Waals surface area (Å²) in [4.78, 5) is 28.6. The zero-order chi connectivity index (χ0) is 20.8. The van der Waals surface area contributed by atoms with Crippen molar-refractivity contribution in [1.29, 1.82) is 0 Å². The van der Waals surface area contributed by atoms with E-state index < -0.39 is 0 Å². The zero-order valence-electron chi connectivity index (χ0n) is 16.8. The van der Waals surface area contributed by atoms with Crippen molar-refractivity contribution >= 4 is 39.2 Å². The van der Waals surface area contributed by atoms with Crippen LogP contribution < -0.4 is 0 Å². The SMILES string of the molecule is CC#CCN(C)C(=O)C1=C2C(=C(c3ccccc3)C1=O)c1cccc3cccc2c13. The Morgan fingerprint density at radius 1 is 0.867 bits per heavy atom. The minimum absolute atomic E-state index is 0.209. The molecule has 0 saturated carbocycles. The normalized spacial score (nSPS) is 14.1. The van der Waals surface area contributed by atoms with E-state index in [0.717, 1.165) is 38.6 Å². The number of benzene rings is 3. The van der Waals surface area contributed by atoms with Crippen molar-refractivity contribution < 1.29 is 9.59 Å². The van der Waals surface area contributed by atoms with Crippen LogP contribution in [-0.4, -0.2) is 30.2 Å². The van der Waals surface area contributed by atoms with Gasteiger partial charge in [0.2, 0.25) is 0 Å². The van der Waals surface area contributed by atoms with Crippen LogP contribution in [0.5, 0.6) is 0 Å². The maximum Gasteiger partial charge on any atom is 0.259 e. The molecule has 3 aromatic rings. The Morgan fingerprint density at radius 3 is 2.20 bits per heavy atom. The topological polar surface area (TPSA) is 37.4 Å². The monoisotopic (exact) mass is 389 g/mol. The van der Waals surface area contributed by atoms with Gasteiger partial charge < -0.3 is 4.90 Å². The van der Waals surface area contributed by atoms with Crippen molar-refractivity contribution in [2.45, 2.75) is 6.92 Å². The molecule has 3 heteroatoms. The van der Waals surface area contributed by atoms with Gasteiger partial charge in [-0.1, -0.05) is 72.7 Å². The summed E-state index contributed by atoms with van der Waals surface area (Å²) in [6.07, 6.45) is 0. The van der Waals surface area contributed by atoms with Gasteiger partial charge in [-0.05, 0) is 34.4 Å². The molecule has 0 spiro atoms. The number of nitrogens with zero attached hydrogens (tertiary/aromatic N) is 1. The minimum atomic E-state index is -0.286. The molecule has 144 valence electrons. The highest BCUT2D eigenvalue weighted by molar-refractivity contribution is 6.56. The highest BCUT2D eigenvalue weighted by Crippen LogP contribution is 2.54. The van der Waals surface area contributed by atoms with E-state index in [0.29, 0.717) is 5.57 Å². The number of likely N-dealkylation sites (N-methyl/N-ethyl adjacent to an activating group) is 1. The summed E-state index contributed by atoms with van der Waals surface area (Å²) >= 11 is 0. The second-order valence-corrected chi connectivity index (χ2v) is 7.49. The van der Waals surface area contributed by atoms with Crippen molar-refractivity contribution in [3.63, 3.8) is 0 Å². The molecule has 0 N–H and O–H groups in total. The van der Waals surface area contributed by atoms with Gasteiger partial charge in [0.25, 0.3) is 5.91 Å². The molecule has 0 aromatic heterocycles. The maximum absolute atomic E-state index is 13.7. The van der Waals surface area contributed by atoms with Crippen LogP contribution in [0.3, 0.4) is 0 Å². The fraction of sp³-hybridized carbons (Fsp3) is 0.111. The number of hydrogen-bond acceptors (Lipinski definition) is 2. The Labute approximate surface area is 175 Å². The summed E-state index contributed by atoms with van der Waals surface area (Å²) in [6.45, 7) is 2.02. The van der Waals surface area contributed by atoms with Crippen LogP contribution in [0.1, 0.15) is 23.6 Å². The van der Waals surface area contributed by atoms with E-state index in [1.165, 1.54) is 4.90 Å². The molecule has 5 rings (SSSR count). The van der Waals surface area contributed by atoms with E-state index >= 15 is 0 Å². The number of rotatable bonds is 3. The van der Waals surface area contributed by atoms with Gasteiger partial charge in [-0.15, -0.1) is 5.92 Å². The first-order valence-corrected chi connectivity index (χ1v) is 9.90. The first kappa shape index (κ1) is 18.1. The fourth-order valence-corrected chi connectivity index (χ4v) is 4.44. The second kappa shape index (κ2) is 6.86. The number of hydrogen-bond donors (Lipinski definition) is 0. The third-order valence-electron chi connectivity index (χ3n) is 5.76. The number of carbonyl (C=O) groups excluding carboxylic acids is 2. The first-order chi connectivity index (χ1) is 14.6. The highest BCUT2D eigenvalue weighted by atomic mass is 16.2. The highest BCUT2D eigenvalue weighted by Gasteiger charge is 2.42. The molecule has 30 heavy (non-hydrogen) atoms. The Kier molecular flexibility index (Phi) is 4.15. The minimum Gasteiger partial charge on any atom is -0.330 e. The Balaban J connectivity index is 1.81. The van der Waals surface area contributed by atoms with Crippen molar-refractivity contribution in [3.8, 4) is 11.8 Å². The van der Waals surface area contributed by atoms with Gasteiger partial charge in [-0.2, -0.15) is 0 Å². The smallest absolute Gasteiger partial charge is 0.259 e. The molecule has 2 aliphatic carbocycles. The van der Waals surface area contributed by atoms with E-state index in [1.54, 1.807) is 14.0 Å². The van der Waals surface area contributed by atoms with E-state index in [-0.39, 0.29) is 23.8 Å². The summed E-state index contributed by atoms with van der Waals surface area (Å²) < 4.78 is 0. The van der Waals surface area contributed by atoms with Crippen molar-refractivity contribution in [3.05, 3.63) is 89.0 Å². The van der Waals surface area contributed by atoms with Crippen LogP contribution in [0.4, 0.5) is 0 Å². The van der Waals surface area contributed by atoms with Gasteiger partial charge in [-0.25, -0.2) is 0 Å². The molecule has 2 aliphatic rings.